The van der Waals surface area contributed by atoms with Crippen LogP contribution in [0.5, 0.6) is 0 Å². The lowest BCUT2D eigenvalue weighted by molar-refractivity contribution is -0.143. The number of carbonyl (C=O) groups is 2. The van der Waals surface area contributed by atoms with Crippen molar-refractivity contribution in [3.05, 3.63) is 29.8 Å². The quantitative estimate of drug-likeness (QED) is 0.580. The standard InChI is InChI=1S/C13H18N2O3/c1-2-15-12(16)7-8-18-13(17)9-10-5-3-4-6-11(10)14/h3-6H,2,7-9,14H2,1H3,(H,15,16). The van der Waals surface area contributed by atoms with E-state index in [0.29, 0.717) is 12.2 Å². The average Bonchev–Trinajstić information content (AvgIpc) is 2.32. The third-order valence-corrected chi connectivity index (χ3v) is 2.36. The topological polar surface area (TPSA) is 81.4 Å². The summed E-state index contributed by atoms with van der Waals surface area (Å²) in [7, 11) is 0. The Bertz CT molecular complexity index is 418. The molecule has 0 bridgehead atoms. The summed E-state index contributed by atoms with van der Waals surface area (Å²) in [5.41, 5.74) is 7.02. The molecular formula is C13H18N2O3. The largest absolute Gasteiger partial charge is 0.465 e. The molecule has 0 unspecified atom stereocenters. The van der Waals surface area contributed by atoms with Gasteiger partial charge in [-0.15, -0.1) is 0 Å². The molecule has 18 heavy (non-hydrogen) atoms. The first-order valence-electron chi connectivity index (χ1n) is 5.89. The number of hydrogen-bond donors (Lipinski definition) is 2. The van der Waals surface area contributed by atoms with Crippen LogP contribution in [0.3, 0.4) is 0 Å². The van der Waals surface area contributed by atoms with Gasteiger partial charge in [0.25, 0.3) is 0 Å². The Morgan fingerprint density at radius 1 is 1.33 bits per heavy atom. The van der Waals surface area contributed by atoms with Crippen LogP contribution in [-0.4, -0.2) is 25.0 Å². The molecule has 1 aromatic rings. The van der Waals surface area contributed by atoms with E-state index in [1.54, 1.807) is 18.2 Å². The lowest BCUT2D eigenvalue weighted by Gasteiger charge is -2.06. The van der Waals surface area contributed by atoms with Gasteiger partial charge in [0.15, 0.2) is 0 Å². The van der Waals surface area contributed by atoms with E-state index in [1.807, 2.05) is 13.0 Å². The molecule has 0 saturated heterocycles. The summed E-state index contributed by atoms with van der Waals surface area (Å²) in [4.78, 5) is 22.6. The Morgan fingerprint density at radius 3 is 2.72 bits per heavy atom. The number of nitrogen functional groups attached to an aromatic ring is 1. The number of ether oxygens (including phenoxy) is 1. The van der Waals surface area contributed by atoms with Crippen molar-refractivity contribution in [3.8, 4) is 0 Å². The van der Waals surface area contributed by atoms with Gasteiger partial charge in [-0.3, -0.25) is 9.59 Å². The molecule has 0 aliphatic carbocycles. The average molecular weight is 250 g/mol. The molecule has 5 heteroatoms. The normalized spacial score (nSPS) is 9.83. The van der Waals surface area contributed by atoms with Gasteiger partial charge >= 0.3 is 5.97 Å². The first-order chi connectivity index (χ1) is 8.63. The molecule has 0 heterocycles. The van der Waals surface area contributed by atoms with Crippen molar-refractivity contribution in [2.45, 2.75) is 19.8 Å². The van der Waals surface area contributed by atoms with Crippen LogP contribution in [0.2, 0.25) is 0 Å². The molecule has 0 spiro atoms. The number of anilines is 1. The number of para-hydroxylation sites is 1. The Kier molecular flexibility index (Phi) is 5.70. The third-order valence-electron chi connectivity index (χ3n) is 2.36. The fourth-order valence-electron chi connectivity index (χ4n) is 1.44. The molecule has 0 aliphatic heterocycles. The number of hydrogen-bond acceptors (Lipinski definition) is 4. The van der Waals surface area contributed by atoms with Crippen molar-refractivity contribution in [1.29, 1.82) is 0 Å². The number of rotatable bonds is 6. The molecule has 0 atom stereocenters. The second-order valence-electron chi connectivity index (χ2n) is 3.80. The third kappa shape index (κ3) is 4.86. The summed E-state index contributed by atoms with van der Waals surface area (Å²) >= 11 is 0. The van der Waals surface area contributed by atoms with Crippen LogP contribution in [0.4, 0.5) is 5.69 Å². The van der Waals surface area contributed by atoms with Crippen molar-refractivity contribution >= 4 is 17.6 Å². The van der Waals surface area contributed by atoms with E-state index in [0.717, 1.165) is 5.56 Å². The Balaban J connectivity index is 2.30. The van der Waals surface area contributed by atoms with E-state index in [2.05, 4.69) is 5.32 Å². The zero-order valence-electron chi connectivity index (χ0n) is 10.4. The lowest BCUT2D eigenvalue weighted by Crippen LogP contribution is -2.24. The molecule has 1 amide bonds. The van der Waals surface area contributed by atoms with E-state index in [9.17, 15) is 9.59 Å². The van der Waals surface area contributed by atoms with Crippen molar-refractivity contribution < 1.29 is 14.3 Å². The summed E-state index contributed by atoms with van der Waals surface area (Å²) in [6, 6.07) is 7.13. The van der Waals surface area contributed by atoms with Crippen molar-refractivity contribution in [3.63, 3.8) is 0 Å². The molecule has 0 saturated carbocycles. The first kappa shape index (κ1) is 14.0. The molecule has 3 N–H and O–H groups in total. The van der Waals surface area contributed by atoms with Crippen LogP contribution >= 0.6 is 0 Å². The van der Waals surface area contributed by atoms with Gasteiger partial charge < -0.3 is 15.8 Å². The van der Waals surface area contributed by atoms with Crippen LogP contribution in [0.1, 0.15) is 18.9 Å². The monoisotopic (exact) mass is 250 g/mol. The summed E-state index contributed by atoms with van der Waals surface area (Å²) in [6.07, 6.45) is 0.311. The van der Waals surface area contributed by atoms with Gasteiger partial charge in [0.2, 0.25) is 5.91 Å². The Hall–Kier alpha value is -2.04. The predicted octanol–water partition coefficient (Wildman–Crippen LogP) is 0.881. The van der Waals surface area contributed by atoms with Gasteiger partial charge in [0, 0.05) is 12.2 Å². The number of nitrogens with one attached hydrogen (secondary N) is 1. The minimum Gasteiger partial charge on any atom is -0.465 e. The molecule has 0 radical (unpaired) electrons. The molecule has 0 aromatic heterocycles. The molecule has 1 aromatic carbocycles. The molecule has 5 nitrogen and oxygen atoms in total. The zero-order valence-corrected chi connectivity index (χ0v) is 10.4. The van der Waals surface area contributed by atoms with E-state index in [1.165, 1.54) is 0 Å². The van der Waals surface area contributed by atoms with Gasteiger partial charge in [0.05, 0.1) is 12.8 Å². The number of carbonyl (C=O) groups excluding carboxylic acids is 2. The Morgan fingerprint density at radius 2 is 2.06 bits per heavy atom. The molecule has 0 fully saturated rings. The summed E-state index contributed by atoms with van der Waals surface area (Å²) in [5, 5.41) is 2.63. The Labute approximate surface area is 106 Å². The lowest BCUT2D eigenvalue weighted by atomic mass is 10.1. The van der Waals surface area contributed by atoms with Crippen molar-refractivity contribution in [2.75, 3.05) is 18.9 Å². The van der Waals surface area contributed by atoms with Gasteiger partial charge in [-0.25, -0.2) is 0 Å². The van der Waals surface area contributed by atoms with E-state index >= 15 is 0 Å². The number of benzene rings is 1. The highest BCUT2D eigenvalue weighted by atomic mass is 16.5. The summed E-state index contributed by atoms with van der Waals surface area (Å²) in [5.74, 6) is -0.498. The van der Waals surface area contributed by atoms with Crippen LogP contribution in [0, 0.1) is 0 Å². The highest BCUT2D eigenvalue weighted by Gasteiger charge is 2.08. The number of nitrogens with two attached hydrogens (primary N) is 1. The van der Waals surface area contributed by atoms with Crippen LogP contribution in [-0.2, 0) is 20.7 Å². The minimum absolute atomic E-state index is 0.0946. The second-order valence-corrected chi connectivity index (χ2v) is 3.80. The minimum atomic E-state index is -0.378. The SMILES string of the molecule is CCNC(=O)CCOC(=O)Cc1ccccc1N. The van der Waals surface area contributed by atoms with Gasteiger partial charge in [-0.2, -0.15) is 0 Å². The molecule has 1 rings (SSSR count). The van der Waals surface area contributed by atoms with Gasteiger partial charge in [-0.1, -0.05) is 18.2 Å². The van der Waals surface area contributed by atoms with E-state index < -0.39 is 0 Å². The highest BCUT2D eigenvalue weighted by molar-refractivity contribution is 5.77. The van der Waals surface area contributed by atoms with Gasteiger partial charge in [0.1, 0.15) is 6.61 Å². The zero-order chi connectivity index (χ0) is 13.4. The fraction of sp³-hybridized carbons (Fsp3) is 0.385. The van der Waals surface area contributed by atoms with E-state index in [-0.39, 0.29) is 31.3 Å². The smallest absolute Gasteiger partial charge is 0.310 e. The highest BCUT2D eigenvalue weighted by Crippen LogP contribution is 2.11. The molecule has 0 aliphatic rings. The number of amides is 1. The van der Waals surface area contributed by atoms with Crippen LogP contribution < -0.4 is 11.1 Å². The maximum atomic E-state index is 11.5. The molecule has 98 valence electrons. The van der Waals surface area contributed by atoms with Crippen LogP contribution in [0.25, 0.3) is 0 Å². The maximum Gasteiger partial charge on any atom is 0.310 e. The van der Waals surface area contributed by atoms with Crippen LogP contribution in [0.15, 0.2) is 24.3 Å². The summed E-state index contributed by atoms with van der Waals surface area (Å²) in [6.45, 7) is 2.51. The number of esters is 1. The second kappa shape index (κ2) is 7.32. The first-order valence-corrected chi connectivity index (χ1v) is 5.89. The predicted molar refractivity (Wildman–Crippen MR) is 68.8 cm³/mol. The van der Waals surface area contributed by atoms with Gasteiger partial charge in [-0.05, 0) is 18.6 Å². The molecular weight excluding hydrogens is 232 g/mol. The van der Waals surface area contributed by atoms with Crippen molar-refractivity contribution in [1.82, 2.24) is 5.32 Å². The maximum absolute atomic E-state index is 11.5. The fourth-order valence-corrected chi connectivity index (χ4v) is 1.44. The van der Waals surface area contributed by atoms with Crippen molar-refractivity contribution in [2.24, 2.45) is 0 Å². The van der Waals surface area contributed by atoms with E-state index in [4.69, 9.17) is 10.5 Å². The summed E-state index contributed by atoms with van der Waals surface area (Å²) < 4.78 is 4.96.